The maximum Gasteiger partial charge on any atom is 0.338 e. The molecule has 1 rings (SSSR count). The number of non-ortho nitro benzene ring substituents is 1. The summed E-state index contributed by atoms with van der Waals surface area (Å²) in [6, 6.07) is 5.41. The van der Waals surface area contributed by atoms with Gasteiger partial charge >= 0.3 is 5.97 Å². The second-order valence-corrected chi connectivity index (χ2v) is 8.45. The Bertz CT molecular complexity index is 869. The number of hydrogen-bond acceptors (Lipinski definition) is 4. The van der Waals surface area contributed by atoms with Crippen molar-refractivity contribution in [2.75, 3.05) is 6.61 Å². The van der Waals surface area contributed by atoms with Gasteiger partial charge in [-0.3, -0.25) is 10.1 Å². The van der Waals surface area contributed by atoms with Gasteiger partial charge < -0.3 is 4.74 Å². The molecular formula is C27H37NO4. The molecular weight excluding hydrogens is 402 g/mol. The zero-order valence-corrected chi connectivity index (χ0v) is 20.1. The van der Waals surface area contributed by atoms with E-state index in [0.717, 1.165) is 38.5 Å². The summed E-state index contributed by atoms with van der Waals surface area (Å²) >= 11 is 0. The Morgan fingerprint density at radius 3 is 1.75 bits per heavy atom. The summed E-state index contributed by atoms with van der Waals surface area (Å²) in [6.07, 6.45) is 15.1. The average molecular weight is 440 g/mol. The van der Waals surface area contributed by atoms with E-state index in [1.807, 2.05) is 13.0 Å². The van der Waals surface area contributed by atoms with Crippen molar-refractivity contribution in [2.24, 2.45) is 0 Å². The Labute approximate surface area is 192 Å². The van der Waals surface area contributed by atoms with Crippen LogP contribution < -0.4 is 0 Å². The van der Waals surface area contributed by atoms with Gasteiger partial charge in [0.1, 0.15) is 6.61 Å². The Morgan fingerprint density at radius 1 is 0.812 bits per heavy atom. The van der Waals surface area contributed by atoms with Crippen LogP contribution in [0.1, 0.15) is 83.5 Å². The highest BCUT2D eigenvalue weighted by atomic mass is 16.6. The molecule has 1 aromatic rings. The van der Waals surface area contributed by atoms with Crippen molar-refractivity contribution < 1.29 is 14.5 Å². The summed E-state index contributed by atoms with van der Waals surface area (Å²) < 4.78 is 5.23. The van der Waals surface area contributed by atoms with Crippen molar-refractivity contribution in [1.82, 2.24) is 0 Å². The van der Waals surface area contributed by atoms with Crippen LogP contribution in [0.2, 0.25) is 0 Å². The summed E-state index contributed by atoms with van der Waals surface area (Å²) in [4.78, 5) is 22.2. The molecule has 0 heterocycles. The van der Waals surface area contributed by atoms with Crippen molar-refractivity contribution >= 4 is 11.7 Å². The largest absolute Gasteiger partial charge is 0.458 e. The molecule has 0 fully saturated rings. The van der Waals surface area contributed by atoms with E-state index >= 15 is 0 Å². The molecule has 0 bridgehead atoms. The molecule has 5 nitrogen and oxygen atoms in total. The number of rotatable bonds is 13. The lowest BCUT2D eigenvalue weighted by Gasteiger charge is -2.04. The second kappa shape index (κ2) is 15.0. The first-order valence-corrected chi connectivity index (χ1v) is 11.2. The predicted molar refractivity (Wildman–Crippen MR) is 132 cm³/mol. The van der Waals surface area contributed by atoms with Crippen LogP contribution in [-0.2, 0) is 4.74 Å². The molecule has 0 saturated heterocycles. The molecule has 0 aliphatic carbocycles. The molecule has 0 amide bonds. The second-order valence-electron chi connectivity index (χ2n) is 8.45. The summed E-state index contributed by atoms with van der Waals surface area (Å²) in [5.74, 6) is -0.483. The van der Waals surface area contributed by atoms with Crippen LogP contribution in [0.4, 0.5) is 5.69 Å². The lowest BCUT2D eigenvalue weighted by Crippen LogP contribution is -2.05. The average Bonchev–Trinajstić information content (AvgIpc) is 2.73. The Hall–Kier alpha value is -2.95. The molecule has 0 saturated carbocycles. The van der Waals surface area contributed by atoms with Gasteiger partial charge in [-0.1, -0.05) is 40.5 Å². The van der Waals surface area contributed by atoms with Crippen LogP contribution >= 0.6 is 0 Å². The van der Waals surface area contributed by atoms with Gasteiger partial charge in [-0.2, -0.15) is 0 Å². The normalized spacial score (nSPS) is 12.5. The topological polar surface area (TPSA) is 69.4 Å². The number of carbonyl (C=O) groups is 1. The van der Waals surface area contributed by atoms with Crippen LogP contribution in [0.25, 0.3) is 0 Å². The number of hydrogen-bond donors (Lipinski definition) is 0. The number of allylic oxidation sites excluding steroid dienone is 7. The smallest absolute Gasteiger partial charge is 0.338 e. The number of ether oxygens (including phenoxy) is 1. The van der Waals surface area contributed by atoms with E-state index in [1.165, 1.54) is 46.6 Å². The fourth-order valence-electron chi connectivity index (χ4n) is 3.05. The van der Waals surface area contributed by atoms with Gasteiger partial charge in [0.15, 0.2) is 0 Å². The molecule has 0 N–H and O–H groups in total. The molecule has 0 spiro atoms. The summed E-state index contributed by atoms with van der Waals surface area (Å²) in [7, 11) is 0. The van der Waals surface area contributed by atoms with E-state index in [2.05, 4.69) is 45.9 Å². The number of esters is 1. The molecule has 0 aromatic heterocycles. The van der Waals surface area contributed by atoms with Crippen LogP contribution in [0.5, 0.6) is 0 Å². The molecule has 0 radical (unpaired) electrons. The first-order chi connectivity index (χ1) is 15.2. The van der Waals surface area contributed by atoms with E-state index in [0.29, 0.717) is 5.56 Å². The molecule has 174 valence electrons. The molecule has 5 heteroatoms. The number of nitro groups is 1. The first kappa shape index (κ1) is 27.1. The van der Waals surface area contributed by atoms with Crippen molar-refractivity contribution in [3.05, 3.63) is 86.5 Å². The summed E-state index contributed by atoms with van der Waals surface area (Å²) in [5, 5.41) is 10.7. The lowest BCUT2D eigenvalue weighted by molar-refractivity contribution is -0.384. The fourth-order valence-corrected chi connectivity index (χ4v) is 3.05. The fraction of sp³-hybridized carbons (Fsp3) is 0.444. The van der Waals surface area contributed by atoms with Gasteiger partial charge in [0, 0.05) is 12.1 Å². The van der Waals surface area contributed by atoms with Crippen LogP contribution in [0.3, 0.4) is 0 Å². The van der Waals surface area contributed by atoms with Gasteiger partial charge in [0.05, 0.1) is 10.5 Å². The lowest BCUT2D eigenvalue weighted by atomic mass is 10.0. The first-order valence-electron chi connectivity index (χ1n) is 11.2. The van der Waals surface area contributed by atoms with E-state index in [-0.39, 0.29) is 12.3 Å². The molecule has 1 aromatic carbocycles. The SMILES string of the molecule is CC(C)=CCC/C(C)=C/CCC(C)=CCC/C(C)=C\COC(=O)c1ccc([N+](=O)[O-])cc1. The van der Waals surface area contributed by atoms with Crippen molar-refractivity contribution in [2.45, 2.75) is 73.1 Å². The number of benzene rings is 1. The molecule has 0 atom stereocenters. The molecule has 0 aliphatic heterocycles. The van der Waals surface area contributed by atoms with Crippen LogP contribution in [-0.4, -0.2) is 17.5 Å². The minimum absolute atomic E-state index is 0.0498. The van der Waals surface area contributed by atoms with Gasteiger partial charge in [-0.15, -0.1) is 0 Å². The predicted octanol–water partition coefficient (Wildman–Crippen LogP) is 7.90. The Balaban J connectivity index is 2.31. The zero-order valence-electron chi connectivity index (χ0n) is 20.1. The van der Waals surface area contributed by atoms with Crippen molar-refractivity contribution in [3.63, 3.8) is 0 Å². The highest BCUT2D eigenvalue weighted by Gasteiger charge is 2.09. The van der Waals surface area contributed by atoms with E-state index in [9.17, 15) is 14.9 Å². The van der Waals surface area contributed by atoms with Crippen molar-refractivity contribution in [1.29, 1.82) is 0 Å². The maximum atomic E-state index is 12.0. The maximum absolute atomic E-state index is 12.0. The minimum Gasteiger partial charge on any atom is -0.458 e. The summed E-state index contributed by atoms with van der Waals surface area (Å²) in [6.45, 7) is 10.9. The van der Waals surface area contributed by atoms with Gasteiger partial charge in [0.25, 0.3) is 5.69 Å². The minimum atomic E-state index is -0.498. The Morgan fingerprint density at radius 2 is 1.28 bits per heavy atom. The highest BCUT2D eigenvalue weighted by Crippen LogP contribution is 2.15. The number of nitrogens with zero attached hydrogens (tertiary/aromatic N) is 1. The Kier molecular flexibility index (Phi) is 12.7. The number of carbonyl (C=O) groups excluding carboxylic acids is 1. The third-order valence-corrected chi connectivity index (χ3v) is 5.11. The molecule has 0 aliphatic rings. The van der Waals surface area contributed by atoms with E-state index < -0.39 is 10.9 Å². The quantitative estimate of drug-likeness (QED) is 0.136. The molecule has 32 heavy (non-hydrogen) atoms. The third kappa shape index (κ3) is 12.0. The van der Waals surface area contributed by atoms with Crippen LogP contribution in [0, 0.1) is 10.1 Å². The van der Waals surface area contributed by atoms with Gasteiger partial charge in [0.2, 0.25) is 0 Å². The van der Waals surface area contributed by atoms with Gasteiger partial charge in [-0.05, 0) is 91.4 Å². The summed E-state index contributed by atoms with van der Waals surface area (Å²) in [5.41, 5.74) is 5.66. The van der Waals surface area contributed by atoms with Crippen LogP contribution in [0.15, 0.2) is 70.9 Å². The highest BCUT2D eigenvalue weighted by molar-refractivity contribution is 5.89. The van der Waals surface area contributed by atoms with E-state index in [1.54, 1.807) is 0 Å². The number of nitro benzene ring substituents is 1. The van der Waals surface area contributed by atoms with E-state index in [4.69, 9.17) is 4.74 Å². The standard InChI is InChI=1S/C27H37NO4/c1-21(2)9-6-10-22(3)11-7-12-23(4)13-8-14-24(5)19-20-32-27(29)25-15-17-26(18-16-25)28(30)31/h9,11,13,15-19H,6-8,10,12,14,20H2,1-5H3/b22-11+,23-13?,24-19-. The van der Waals surface area contributed by atoms with Crippen molar-refractivity contribution in [3.8, 4) is 0 Å². The third-order valence-electron chi connectivity index (χ3n) is 5.11. The van der Waals surface area contributed by atoms with Gasteiger partial charge in [-0.25, -0.2) is 4.79 Å². The zero-order chi connectivity index (χ0) is 23.9. The monoisotopic (exact) mass is 439 g/mol. The molecule has 0 unspecified atom stereocenters.